The number of ether oxygens (including phenoxy) is 2. The molecule has 1 heterocycles. The van der Waals surface area contributed by atoms with Crippen LogP contribution in [0.2, 0.25) is 0 Å². The number of nitrogens with one attached hydrogen (secondary N) is 2. The van der Waals surface area contributed by atoms with Crippen molar-refractivity contribution in [3.05, 3.63) is 59.9 Å². The van der Waals surface area contributed by atoms with E-state index in [1.165, 1.54) is 18.2 Å². The number of hydrazine groups is 1. The smallest absolute Gasteiger partial charge is 0.283 e. The van der Waals surface area contributed by atoms with Gasteiger partial charge in [0.1, 0.15) is 12.4 Å². The van der Waals surface area contributed by atoms with Gasteiger partial charge in [-0.05, 0) is 23.8 Å². The summed E-state index contributed by atoms with van der Waals surface area (Å²) < 4.78 is 24.4. The Labute approximate surface area is 137 Å². The molecular formula is C17H15FN2O4. The van der Waals surface area contributed by atoms with Crippen molar-refractivity contribution >= 4 is 11.8 Å². The Bertz CT molecular complexity index is 766. The van der Waals surface area contributed by atoms with Crippen LogP contribution in [0.5, 0.6) is 11.5 Å². The number of hydrogen-bond acceptors (Lipinski definition) is 4. The van der Waals surface area contributed by atoms with Gasteiger partial charge >= 0.3 is 0 Å². The summed E-state index contributed by atoms with van der Waals surface area (Å²) in [6, 6.07) is 12.9. The fourth-order valence-corrected chi connectivity index (χ4v) is 2.22. The zero-order valence-electron chi connectivity index (χ0n) is 12.6. The van der Waals surface area contributed by atoms with Gasteiger partial charge in [-0.3, -0.25) is 20.4 Å². The van der Waals surface area contributed by atoms with E-state index in [-0.39, 0.29) is 18.6 Å². The molecule has 0 aromatic heterocycles. The summed E-state index contributed by atoms with van der Waals surface area (Å²) in [7, 11) is 0. The van der Waals surface area contributed by atoms with E-state index < -0.39 is 23.7 Å². The molecule has 0 bridgehead atoms. The standard InChI is InChI=1S/C17H15FN2O4/c18-12-6-2-1-5-11(12)9-16(21)19-20-17(22)15-10-23-13-7-3-4-8-14(13)24-15/h1-8,15H,9-10H2,(H,19,21)(H,20,22)/t15-/m0/s1. The van der Waals surface area contributed by atoms with E-state index >= 15 is 0 Å². The largest absolute Gasteiger partial charge is 0.485 e. The van der Waals surface area contributed by atoms with Crippen molar-refractivity contribution in [2.75, 3.05) is 6.61 Å². The van der Waals surface area contributed by atoms with Gasteiger partial charge in [0, 0.05) is 0 Å². The minimum absolute atomic E-state index is 0.0338. The highest BCUT2D eigenvalue weighted by molar-refractivity contribution is 5.86. The lowest BCUT2D eigenvalue weighted by molar-refractivity contribution is -0.134. The van der Waals surface area contributed by atoms with Gasteiger partial charge in [-0.2, -0.15) is 0 Å². The summed E-state index contributed by atoms with van der Waals surface area (Å²) in [6.45, 7) is 0.0338. The summed E-state index contributed by atoms with van der Waals surface area (Å²) in [5.41, 5.74) is 4.74. The Balaban J connectivity index is 1.51. The molecule has 0 aliphatic carbocycles. The zero-order chi connectivity index (χ0) is 16.9. The minimum atomic E-state index is -0.881. The second-order valence-corrected chi connectivity index (χ2v) is 5.17. The van der Waals surface area contributed by atoms with Gasteiger partial charge in [0.2, 0.25) is 12.0 Å². The van der Waals surface area contributed by atoms with Crippen molar-refractivity contribution in [2.24, 2.45) is 0 Å². The molecule has 2 N–H and O–H groups in total. The molecule has 124 valence electrons. The highest BCUT2D eigenvalue weighted by Gasteiger charge is 2.27. The number of hydrogen-bond donors (Lipinski definition) is 2. The number of para-hydroxylation sites is 2. The van der Waals surface area contributed by atoms with Crippen LogP contribution in [0.25, 0.3) is 0 Å². The fraction of sp³-hybridized carbons (Fsp3) is 0.176. The average molecular weight is 330 g/mol. The van der Waals surface area contributed by atoms with E-state index in [9.17, 15) is 14.0 Å². The quantitative estimate of drug-likeness (QED) is 0.833. The van der Waals surface area contributed by atoms with Crippen LogP contribution in [0.3, 0.4) is 0 Å². The highest BCUT2D eigenvalue weighted by atomic mass is 19.1. The Morgan fingerprint density at radius 3 is 2.54 bits per heavy atom. The summed E-state index contributed by atoms with van der Waals surface area (Å²) in [5, 5.41) is 0. The van der Waals surface area contributed by atoms with Crippen molar-refractivity contribution in [3.63, 3.8) is 0 Å². The molecule has 0 unspecified atom stereocenters. The van der Waals surface area contributed by atoms with Gasteiger partial charge in [-0.25, -0.2) is 4.39 Å². The monoisotopic (exact) mass is 330 g/mol. The van der Waals surface area contributed by atoms with Crippen LogP contribution in [0.1, 0.15) is 5.56 Å². The maximum Gasteiger partial charge on any atom is 0.283 e. The van der Waals surface area contributed by atoms with Crippen molar-refractivity contribution in [1.82, 2.24) is 10.9 Å². The van der Waals surface area contributed by atoms with Crippen molar-refractivity contribution in [1.29, 1.82) is 0 Å². The summed E-state index contributed by atoms with van der Waals surface area (Å²) in [5.74, 6) is -0.539. The molecule has 1 aliphatic heterocycles. The molecule has 0 saturated carbocycles. The third-order valence-electron chi connectivity index (χ3n) is 3.43. The predicted molar refractivity (Wildman–Crippen MR) is 82.7 cm³/mol. The topological polar surface area (TPSA) is 76.7 Å². The molecule has 2 aromatic carbocycles. The van der Waals surface area contributed by atoms with Gasteiger partial charge in [0.05, 0.1) is 6.42 Å². The summed E-state index contributed by atoms with van der Waals surface area (Å²) >= 11 is 0. The third kappa shape index (κ3) is 3.62. The number of benzene rings is 2. The molecule has 24 heavy (non-hydrogen) atoms. The molecule has 2 aromatic rings. The van der Waals surface area contributed by atoms with E-state index in [1.54, 1.807) is 30.3 Å². The number of rotatable bonds is 3. The van der Waals surface area contributed by atoms with Gasteiger partial charge in [-0.1, -0.05) is 30.3 Å². The van der Waals surface area contributed by atoms with Crippen molar-refractivity contribution in [2.45, 2.75) is 12.5 Å². The average Bonchev–Trinajstić information content (AvgIpc) is 2.61. The molecule has 3 rings (SSSR count). The van der Waals surface area contributed by atoms with Crippen LogP contribution in [-0.4, -0.2) is 24.5 Å². The lowest BCUT2D eigenvalue weighted by Gasteiger charge is -2.25. The molecule has 0 fully saturated rings. The molecule has 0 spiro atoms. The summed E-state index contributed by atoms with van der Waals surface area (Å²) in [6.07, 6.45) is -1.06. The van der Waals surface area contributed by atoms with E-state index in [2.05, 4.69) is 10.9 Å². The van der Waals surface area contributed by atoms with Crippen LogP contribution < -0.4 is 20.3 Å². The lowest BCUT2D eigenvalue weighted by atomic mass is 10.1. The maximum atomic E-state index is 13.5. The molecule has 0 saturated heterocycles. The normalized spacial score (nSPS) is 15.5. The van der Waals surface area contributed by atoms with Crippen LogP contribution in [0.4, 0.5) is 4.39 Å². The molecular weight excluding hydrogens is 315 g/mol. The Hall–Kier alpha value is -3.09. The van der Waals surface area contributed by atoms with Crippen molar-refractivity contribution in [3.8, 4) is 11.5 Å². The third-order valence-corrected chi connectivity index (χ3v) is 3.43. The molecule has 0 radical (unpaired) electrons. The minimum Gasteiger partial charge on any atom is -0.485 e. The molecule has 7 heteroatoms. The van der Waals surface area contributed by atoms with Crippen LogP contribution in [0, 0.1) is 5.82 Å². The summed E-state index contributed by atoms with van der Waals surface area (Å²) in [4.78, 5) is 23.8. The van der Waals surface area contributed by atoms with Gasteiger partial charge in [0.25, 0.3) is 5.91 Å². The SMILES string of the molecule is O=C(Cc1ccccc1F)NNC(=O)[C@@H]1COc2ccccc2O1. The first kappa shape index (κ1) is 15.8. The van der Waals surface area contributed by atoms with Crippen molar-refractivity contribution < 1.29 is 23.5 Å². The number of fused-ring (bicyclic) bond motifs is 1. The fourth-order valence-electron chi connectivity index (χ4n) is 2.22. The number of carbonyl (C=O) groups excluding carboxylic acids is 2. The van der Waals surface area contributed by atoms with Crippen LogP contribution in [0.15, 0.2) is 48.5 Å². The molecule has 2 amide bonds. The van der Waals surface area contributed by atoms with E-state index in [1.807, 2.05) is 0 Å². The van der Waals surface area contributed by atoms with Gasteiger partial charge in [-0.15, -0.1) is 0 Å². The lowest BCUT2D eigenvalue weighted by Crippen LogP contribution is -2.51. The van der Waals surface area contributed by atoms with E-state index in [4.69, 9.17) is 9.47 Å². The van der Waals surface area contributed by atoms with E-state index in [0.717, 1.165) is 0 Å². The first-order valence-electron chi connectivity index (χ1n) is 7.34. The Morgan fingerprint density at radius 2 is 1.75 bits per heavy atom. The Kier molecular flexibility index (Phi) is 4.60. The number of halogens is 1. The predicted octanol–water partition coefficient (Wildman–Crippen LogP) is 1.36. The molecule has 6 nitrogen and oxygen atoms in total. The van der Waals surface area contributed by atoms with Crippen LogP contribution in [-0.2, 0) is 16.0 Å². The second kappa shape index (κ2) is 6.99. The Morgan fingerprint density at radius 1 is 1.04 bits per heavy atom. The number of amides is 2. The second-order valence-electron chi connectivity index (χ2n) is 5.17. The maximum absolute atomic E-state index is 13.5. The van der Waals surface area contributed by atoms with Crippen LogP contribution >= 0.6 is 0 Å². The van der Waals surface area contributed by atoms with Gasteiger partial charge < -0.3 is 9.47 Å². The highest BCUT2D eigenvalue weighted by Crippen LogP contribution is 2.30. The molecule has 1 aliphatic rings. The zero-order valence-corrected chi connectivity index (χ0v) is 12.6. The van der Waals surface area contributed by atoms with E-state index in [0.29, 0.717) is 11.5 Å². The number of carbonyl (C=O) groups is 2. The first-order chi connectivity index (χ1) is 11.6. The molecule has 1 atom stereocenters. The first-order valence-corrected chi connectivity index (χ1v) is 7.34. The van der Waals surface area contributed by atoms with Gasteiger partial charge in [0.15, 0.2) is 11.5 Å².